The van der Waals surface area contributed by atoms with Crippen LogP contribution in [-0.4, -0.2) is 50.9 Å². The van der Waals surface area contributed by atoms with Crippen molar-refractivity contribution in [1.82, 2.24) is 10.2 Å². The molecular weight excluding hydrogens is 569 g/mol. The number of nitrogens with zero attached hydrogens (tertiary/aromatic N) is 2. The summed E-state index contributed by atoms with van der Waals surface area (Å²) in [6.45, 7) is 0.981. The van der Waals surface area contributed by atoms with Crippen LogP contribution in [0.1, 0.15) is 38.2 Å². The monoisotopic (exact) mass is 601 g/mol. The first-order chi connectivity index (χ1) is 19.6. The summed E-state index contributed by atoms with van der Waals surface area (Å²) in [6.07, 6.45) is 3.78. The molecule has 1 aliphatic rings. The van der Waals surface area contributed by atoms with Gasteiger partial charge < -0.3 is 15.0 Å². The van der Waals surface area contributed by atoms with Crippen molar-refractivity contribution in [3.63, 3.8) is 0 Å². The van der Waals surface area contributed by atoms with Crippen LogP contribution in [0.5, 0.6) is 5.75 Å². The van der Waals surface area contributed by atoms with Crippen molar-refractivity contribution in [1.29, 1.82) is 0 Å². The molecule has 41 heavy (non-hydrogen) atoms. The van der Waals surface area contributed by atoms with Gasteiger partial charge in [-0.05, 0) is 79.9 Å². The van der Waals surface area contributed by atoms with Crippen LogP contribution < -0.4 is 14.4 Å². The normalized spacial score (nSPS) is 14.3. The lowest BCUT2D eigenvalue weighted by Gasteiger charge is -2.32. The van der Waals surface area contributed by atoms with E-state index in [9.17, 15) is 22.4 Å². The van der Waals surface area contributed by atoms with Gasteiger partial charge in [0.1, 0.15) is 24.2 Å². The molecule has 1 aliphatic carbocycles. The van der Waals surface area contributed by atoms with E-state index in [1.54, 1.807) is 25.1 Å². The fraction of sp³-hybridized carbons (Fsp3) is 0.333. The molecule has 0 unspecified atom stereocenters. The van der Waals surface area contributed by atoms with E-state index >= 15 is 0 Å². The predicted octanol–water partition coefficient (Wildman–Crippen LogP) is 5.16. The zero-order valence-electron chi connectivity index (χ0n) is 22.9. The van der Waals surface area contributed by atoms with E-state index in [-0.39, 0.29) is 34.1 Å². The van der Waals surface area contributed by atoms with Crippen LogP contribution in [-0.2, 0) is 26.2 Å². The van der Waals surface area contributed by atoms with Crippen LogP contribution in [0.2, 0.25) is 5.02 Å². The van der Waals surface area contributed by atoms with Gasteiger partial charge in [0.25, 0.3) is 10.0 Å². The Morgan fingerprint density at radius 2 is 1.71 bits per heavy atom. The van der Waals surface area contributed by atoms with Gasteiger partial charge in [-0.2, -0.15) is 0 Å². The smallest absolute Gasteiger partial charge is 0.264 e. The molecule has 1 N–H and O–H groups in total. The van der Waals surface area contributed by atoms with Gasteiger partial charge in [-0.3, -0.25) is 13.9 Å². The summed E-state index contributed by atoms with van der Waals surface area (Å²) >= 11 is 6.20. The van der Waals surface area contributed by atoms with Crippen molar-refractivity contribution in [2.45, 2.75) is 56.1 Å². The minimum absolute atomic E-state index is 0.0235. The topological polar surface area (TPSA) is 96.0 Å². The quantitative estimate of drug-likeness (QED) is 0.328. The molecule has 3 aromatic carbocycles. The van der Waals surface area contributed by atoms with E-state index < -0.39 is 34.3 Å². The lowest BCUT2D eigenvalue weighted by atomic mass is 10.1. The van der Waals surface area contributed by atoms with Crippen molar-refractivity contribution < 1.29 is 27.1 Å². The SMILES string of the molecule is COc1ccc(S(=O)(=O)N(CC(=O)N(Cc2ccc(F)cc2)[C@H](C)C(=O)NC2CCCC2)c2cccc(Cl)c2)cc1. The number of methoxy groups -OCH3 is 1. The average molecular weight is 602 g/mol. The molecule has 8 nitrogen and oxygen atoms in total. The third-order valence-electron chi connectivity index (χ3n) is 7.16. The van der Waals surface area contributed by atoms with Crippen LogP contribution in [0, 0.1) is 5.82 Å². The van der Waals surface area contributed by atoms with Crippen LogP contribution in [0.4, 0.5) is 10.1 Å². The molecule has 0 radical (unpaired) electrons. The number of halogens is 2. The van der Waals surface area contributed by atoms with E-state index in [2.05, 4.69) is 5.32 Å². The molecule has 0 aliphatic heterocycles. The summed E-state index contributed by atoms with van der Waals surface area (Å²) in [5.74, 6) is -0.904. The molecule has 2 amide bonds. The summed E-state index contributed by atoms with van der Waals surface area (Å²) in [7, 11) is -2.77. The second-order valence-electron chi connectivity index (χ2n) is 9.98. The largest absolute Gasteiger partial charge is 0.497 e. The summed E-state index contributed by atoms with van der Waals surface area (Å²) < 4.78 is 47.5. The van der Waals surface area contributed by atoms with E-state index in [0.29, 0.717) is 11.3 Å². The average Bonchev–Trinajstić information content (AvgIpc) is 3.48. The number of carbonyl (C=O) groups is 2. The number of hydrogen-bond donors (Lipinski definition) is 1. The van der Waals surface area contributed by atoms with E-state index in [0.717, 1.165) is 30.0 Å². The maximum absolute atomic E-state index is 14.0. The van der Waals surface area contributed by atoms with Gasteiger partial charge in [0.05, 0.1) is 17.7 Å². The highest BCUT2D eigenvalue weighted by Crippen LogP contribution is 2.28. The number of hydrogen-bond acceptors (Lipinski definition) is 5. The minimum Gasteiger partial charge on any atom is -0.497 e. The Morgan fingerprint density at radius 3 is 2.32 bits per heavy atom. The summed E-state index contributed by atoms with van der Waals surface area (Å²) in [5, 5.41) is 3.30. The van der Waals surface area contributed by atoms with Gasteiger partial charge in [-0.1, -0.05) is 42.6 Å². The van der Waals surface area contributed by atoms with Crippen LogP contribution in [0.15, 0.2) is 77.7 Å². The first kappa shape index (κ1) is 30.3. The number of anilines is 1. The Balaban J connectivity index is 1.68. The Kier molecular flexibility index (Phi) is 9.88. The maximum atomic E-state index is 14.0. The number of nitrogens with one attached hydrogen (secondary N) is 1. The van der Waals surface area contributed by atoms with E-state index in [1.165, 1.54) is 66.6 Å². The van der Waals surface area contributed by atoms with Crippen LogP contribution >= 0.6 is 11.6 Å². The number of sulfonamides is 1. The number of amides is 2. The van der Waals surface area contributed by atoms with Gasteiger partial charge in [-0.15, -0.1) is 0 Å². The number of ether oxygens (including phenoxy) is 1. The van der Waals surface area contributed by atoms with Gasteiger partial charge in [0.2, 0.25) is 11.8 Å². The third kappa shape index (κ3) is 7.56. The van der Waals surface area contributed by atoms with Gasteiger partial charge in [0, 0.05) is 17.6 Å². The van der Waals surface area contributed by atoms with Crippen LogP contribution in [0.3, 0.4) is 0 Å². The van der Waals surface area contributed by atoms with Gasteiger partial charge in [-0.25, -0.2) is 12.8 Å². The summed E-state index contributed by atoms with van der Waals surface area (Å²) in [5.41, 5.74) is 0.777. The molecule has 0 aromatic heterocycles. The Bertz CT molecular complexity index is 1460. The Labute approximate surface area is 245 Å². The summed E-state index contributed by atoms with van der Waals surface area (Å²) in [4.78, 5) is 28.5. The lowest BCUT2D eigenvalue weighted by molar-refractivity contribution is -0.139. The molecule has 1 saturated carbocycles. The first-order valence-electron chi connectivity index (χ1n) is 13.3. The van der Waals surface area contributed by atoms with Crippen molar-refractivity contribution in [3.8, 4) is 5.75 Å². The van der Waals surface area contributed by atoms with E-state index in [4.69, 9.17) is 16.3 Å². The van der Waals surface area contributed by atoms with Crippen LogP contribution in [0.25, 0.3) is 0 Å². The Morgan fingerprint density at radius 1 is 1.05 bits per heavy atom. The minimum atomic E-state index is -4.25. The highest BCUT2D eigenvalue weighted by atomic mass is 35.5. The number of rotatable bonds is 11. The highest BCUT2D eigenvalue weighted by molar-refractivity contribution is 7.92. The molecule has 218 valence electrons. The first-order valence-corrected chi connectivity index (χ1v) is 15.2. The van der Waals surface area contributed by atoms with E-state index in [1.807, 2.05) is 0 Å². The van der Waals surface area contributed by atoms with Crippen molar-refractivity contribution in [2.75, 3.05) is 18.0 Å². The molecule has 0 saturated heterocycles. The second-order valence-corrected chi connectivity index (χ2v) is 12.3. The van der Waals surface area contributed by atoms with Gasteiger partial charge in [0.15, 0.2) is 0 Å². The third-order valence-corrected chi connectivity index (χ3v) is 9.18. The fourth-order valence-corrected chi connectivity index (χ4v) is 6.39. The van der Waals surface area contributed by atoms with Crippen molar-refractivity contribution in [2.24, 2.45) is 0 Å². The standard InChI is InChI=1S/C30H33ClFN3O5S/c1-21(30(37)33-25-7-3-4-8-25)34(19-22-10-12-24(32)13-11-22)29(36)20-35(26-9-5-6-23(31)18-26)41(38,39)28-16-14-27(40-2)15-17-28/h5-6,9-18,21,25H,3-4,7-8,19-20H2,1-2H3,(H,33,37)/t21-/m1/s1. The molecule has 0 bridgehead atoms. The lowest BCUT2D eigenvalue weighted by Crippen LogP contribution is -2.52. The van der Waals surface area contributed by atoms with Crippen molar-refractivity contribution in [3.05, 3.63) is 89.2 Å². The highest BCUT2D eigenvalue weighted by Gasteiger charge is 2.33. The molecule has 1 fully saturated rings. The zero-order chi connectivity index (χ0) is 29.6. The molecule has 0 spiro atoms. The second kappa shape index (κ2) is 13.4. The number of carbonyl (C=O) groups excluding carboxylic acids is 2. The fourth-order valence-electron chi connectivity index (χ4n) is 4.80. The molecular formula is C30H33ClFN3O5S. The number of benzene rings is 3. The van der Waals surface area contributed by atoms with Crippen molar-refractivity contribution >= 4 is 39.1 Å². The molecule has 1 atom stereocenters. The molecule has 3 aromatic rings. The Hall–Kier alpha value is -3.63. The molecule has 4 rings (SSSR count). The maximum Gasteiger partial charge on any atom is 0.264 e. The summed E-state index contributed by atoms with van der Waals surface area (Å²) in [6, 6.07) is 16.7. The van der Waals surface area contributed by atoms with Gasteiger partial charge >= 0.3 is 0 Å². The zero-order valence-corrected chi connectivity index (χ0v) is 24.5. The molecule has 0 heterocycles. The molecule has 11 heteroatoms. The predicted molar refractivity (Wildman–Crippen MR) is 156 cm³/mol.